The van der Waals surface area contributed by atoms with Gasteiger partial charge in [-0.1, -0.05) is 12.2 Å². The molecule has 18 heavy (non-hydrogen) atoms. The number of carbonyl (C=O) groups is 2. The molecule has 5 heteroatoms. The minimum absolute atomic E-state index is 0.0919. The molecular formula is C13H22N2O3. The standard InChI is InChI=1S/C13H22N2O3/c1-4-15(6-10(2)3)12(16)9-14-7-11(8-14)5-13(17)18/h11H,2,4-9H2,1,3H3,(H,17,18). The number of likely N-dealkylation sites (N-methyl/N-ethyl adjacent to an activating group) is 1. The van der Waals surface area contributed by atoms with Crippen molar-refractivity contribution in [1.82, 2.24) is 9.80 Å². The summed E-state index contributed by atoms with van der Waals surface area (Å²) >= 11 is 0. The molecule has 1 rings (SSSR count). The van der Waals surface area contributed by atoms with Gasteiger partial charge in [0.1, 0.15) is 0 Å². The van der Waals surface area contributed by atoms with Gasteiger partial charge < -0.3 is 10.0 Å². The maximum atomic E-state index is 12.0. The molecular weight excluding hydrogens is 232 g/mol. The molecule has 0 unspecified atom stereocenters. The van der Waals surface area contributed by atoms with Crippen LogP contribution in [0, 0.1) is 5.92 Å². The third-order valence-corrected chi connectivity index (χ3v) is 3.05. The van der Waals surface area contributed by atoms with Crippen LogP contribution in [-0.2, 0) is 9.59 Å². The van der Waals surface area contributed by atoms with E-state index in [0.29, 0.717) is 32.7 Å². The van der Waals surface area contributed by atoms with Gasteiger partial charge in [-0.3, -0.25) is 14.5 Å². The van der Waals surface area contributed by atoms with E-state index in [-0.39, 0.29) is 18.2 Å². The maximum Gasteiger partial charge on any atom is 0.303 e. The molecule has 5 nitrogen and oxygen atoms in total. The van der Waals surface area contributed by atoms with Crippen LogP contribution in [0.2, 0.25) is 0 Å². The highest BCUT2D eigenvalue weighted by Gasteiger charge is 2.30. The molecule has 0 aromatic rings. The SMILES string of the molecule is C=C(C)CN(CC)C(=O)CN1CC(CC(=O)O)C1. The van der Waals surface area contributed by atoms with Gasteiger partial charge in [-0.25, -0.2) is 0 Å². The summed E-state index contributed by atoms with van der Waals surface area (Å²) in [6.07, 6.45) is 0.202. The molecule has 1 amide bonds. The molecule has 0 atom stereocenters. The van der Waals surface area contributed by atoms with Crippen LogP contribution in [0.15, 0.2) is 12.2 Å². The first kappa shape index (κ1) is 14.7. The molecule has 0 spiro atoms. The highest BCUT2D eigenvalue weighted by Crippen LogP contribution is 2.18. The summed E-state index contributed by atoms with van der Waals surface area (Å²) in [7, 11) is 0. The fourth-order valence-electron chi connectivity index (χ4n) is 2.18. The maximum absolute atomic E-state index is 12.0. The van der Waals surface area contributed by atoms with Crippen molar-refractivity contribution < 1.29 is 14.7 Å². The number of amides is 1. The Morgan fingerprint density at radius 2 is 2.06 bits per heavy atom. The Balaban J connectivity index is 2.29. The molecule has 1 N–H and O–H groups in total. The van der Waals surface area contributed by atoms with Gasteiger partial charge in [0.2, 0.25) is 5.91 Å². The van der Waals surface area contributed by atoms with Crippen LogP contribution in [0.1, 0.15) is 20.3 Å². The van der Waals surface area contributed by atoms with Gasteiger partial charge in [0.05, 0.1) is 13.0 Å². The van der Waals surface area contributed by atoms with Crippen LogP contribution in [0.5, 0.6) is 0 Å². The van der Waals surface area contributed by atoms with Crippen molar-refractivity contribution in [3.63, 3.8) is 0 Å². The van der Waals surface area contributed by atoms with Crippen LogP contribution < -0.4 is 0 Å². The van der Waals surface area contributed by atoms with E-state index < -0.39 is 5.97 Å². The molecule has 0 aromatic carbocycles. The van der Waals surface area contributed by atoms with Gasteiger partial charge in [0.15, 0.2) is 0 Å². The van der Waals surface area contributed by atoms with Gasteiger partial charge in [-0.05, 0) is 19.8 Å². The molecule has 102 valence electrons. The first-order valence-electron chi connectivity index (χ1n) is 6.28. The largest absolute Gasteiger partial charge is 0.481 e. The van der Waals surface area contributed by atoms with E-state index in [2.05, 4.69) is 6.58 Å². The molecule has 1 heterocycles. The second-order valence-corrected chi connectivity index (χ2v) is 5.02. The summed E-state index contributed by atoms with van der Waals surface area (Å²) in [4.78, 5) is 26.2. The van der Waals surface area contributed by atoms with E-state index in [4.69, 9.17) is 5.11 Å². The minimum atomic E-state index is -0.761. The van der Waals surface area contributed by atoms with Gasteiger partial charge in [-0.15, -0.1) is 0 Å². The highest BCUT2D eigenvalue weighted by molar-refractivity contribution is 5.78. The molecule has 0 aromatic heterocycles. The summed E-state index contributed by atoms with van der Waals surface area (Å²) in [5.74, 6) is -0.468. The van der Waals surface area contributed by atoms with Crippen LogP contribution in [0.3, 0.4) is 0 Å². The van der Waals surface area contributed by atoms with E-state index in [0.717, 1.165) is 5.57 Å². The number of carboxylic acid groups (broad SMARTS) is 1. The Morgan fingerprint density at radius 1 is 1.44 bits per heavy atom. The minimum Gasteiger partial charge on any atom is -0.481 e. The van der Waals surface area contributed by atoms with Crippen LogP contribution in [-0.4, -0.2) is 59.5 Å². The van der Waals surface area contributed by atoms with Crippen molar-refractivity contribution in [2.45, 2.75) is 20.3 Å². The van der Waals surface area contributed by atoms with Gasteiger partial charge in [0.25, 0.3) is 0 Å². The van der Waals surface area contributed by atoms with Crippen LogP contribution in [0.25, 0.3) is 0 Å². The number of aliphatic carboxylic acids is 1. The first-order valence-corrected chi connectivity index (χ1v) is 6.28. The third-order valence-electron chi connectivity index (χ3n) is 3.05. The van der Waals surface area contributed by atoms with Crippen LogP contribution >= 0.6 is 0 Å². The Morgan fingerprint density at radius 3 is 2.50 bits per heavy atom. The van der Waals surface area contributed by atoms with E-state index in [1.54, 1.807) is 4.90 Å². The van der Waals surface area contributed by atoms with E-state index >= 15 is 0 Å². The van der Waals surface area contributed by atoms with Gasteiger partial charge >= 0.3 is 5.97 Å². The van der Waals surface area contributed by atoms with Crippen molar-refractivity contribution >= 4 is 11.9 Å². The zero-order valence-electron chi connectivity index (χ0n) is 11.2. The fraction of sp³-hybridized carbons (Fsp3) is 0.692. The molecule has 0 aliphatic carbocycles. The summed E-state index contributed by atoms with van der Waals surface area (Å²) in [6.45, 7) is 10.8. The lowest BCUT2D eigenvalue weighted by atomic mass is 9.96. The average Bonchev–Trinajstić information content (AvgIpc) is 2.21. The smallest absolute Gasteiger partial charge is 0.303 e. The average molecular weight is 254 g/mol. The number of rotatable bonds is 7. The fourth-order valence-corrected chi connectivity index (χ4v) is 2.18. The van der Waals surface area contributed by atoms with E-state index in [9.17, 15) is 9.59 Å². The molecule has 0 saturated carbocycles. The normalized spacial score (nSPS) is 16.1. The van der Waals surface area contributed by atoms with Gasteiger partial charge in [-0.2, -0.15) is 0 Å². The lowest BCUT2D eigenvalue weighted by Crippen LogP contribution is -2.52. The second kappa shape index (κ2) is 6.54. The number of likely N-dealkylation sites (tertiary alicyclic amines) is 1. The second-order valence-electron chi connectivity index (χ2n) is 5.02. The molecule has 0 bridgehead atoms. The monoisotopic (exact) mass is 254 g/mol. The summed E-state index contributed by atoms with van der Waals surface area (Å²) in [5.41, 5.74) is 0.970. The van der Waals surface area contributed by atoms with Crippen LogP contribution in [0.4, 0.5) is 0 Å². The quantitative estimate of drug-likeness (QED) is 0.683. The van der Waals surface area contributed by atoms with Crippen molar-refractivity contribution in [3.05, 3.63) is 12.2 Å². The van der Waals surface area contributed by atoms with Crippen molar-refractivity contribution in [2.24, 2.45) is 5.92 Å². The zero-order valence-corrected chi connectivity index (χ0v) is 11.2. The Hall–Kier alpha value is -1.36. The van der Waals surface area contributed by atoms with E-state index in [1.807, 2.05) is 18.7 Å². The predicted molar refractivity (Wildman–Crippen MR) is 69.3 cm³/mol. The third kappa shape index (κ3) is 4.49. The lowest BCUT2D eigenvalue weighted by molar-refractivity contribution is -0.140. The number of hydrogen-bond acceptors (Lipinski definition) is 3. The molecule has 0 radical (unpaired) electrons. The summed E-state index contributed by atoms with van der Waals surface area (Å²) in [6, 6.07) is 0. The summed E-state index contributed by atoms with van der Waals surface area (Å²) < 4.78 is 0. The number of nitrogens with zero attached hydrogens (tertiary/aromatic N) is 2. The zero-order chi connectivity index (χ0) is 13.7. The Labute approximate surface area is 108 Å². The topological polar surface area (TPSA) is 60.9 Å². The lowest BCUT2D eigenvalue weighted by Gasteiger charge is -2.39. The van der Waals surface area contributed by atoms with Crippen molar-refractivity contribution in [3.8, 4) is 0 Å². The number of carboxylic acids is 1. The highest BCUT2D eigenvalue weighted by atomic mass is 16.4. The number of hydrogen-bond donors (Lipinski definition) is 1. The molecule has 1 saturated heterocycles. The Kier molecular flexibility index (Phi) is 5.34. The number of carbonyl (C=O) groups excluding carboxylic acids is 1. The summed E-state index contributed by atoms with van der Waals surface area (Å²) in [5, 5.41) is 8.64. The first-order chi connectivity index (χ1) is 8.42. The molecule has 1 fully saturated rings. The van der Waals surface area contributed by atoms with Crippen molar-refractivity contribution in [1.29, 1.82) is 0 Å². The van der Waals surface area contributed by atoms with E-state index in [1.165, 1.54) is 0 Å². The predicted octanol–water partition coefficient (Wildman–Crippen LogP) is 0.817. The molecule has 1 aliphatic heterocycles. The molecule has 1 aliphatic rings. The van der Waals surface area contributed by atoms with Gasteiger partial charge in [0, 0.05) is 26.2 Å². The Bertz CT molecular complexity index is 335. The van der Waals surface area contributed by atoms with Crippen molar-refractivity contribution in [2.75, 3.05) is 32.7 Å².